The van der Waals surface area contributed by atoms with Crippen LogP contribution in [0.3, 0.4) is 0 Å². The van der Waals surface area contributed by atoms with Gasteiger partial charge in [0.1, 0.15) is 12.3 Å². The normalized spacial score (nSPS) is 16.1. The van der Waals surface area contributed by atoms with Crippen molar-refractivity contribution in [2.45, 2.75) is 39.8 Å². The molecule has 1 saturated heterocycles. The van der Waals surface area contributed by atoms with Crippen molar-refractivity contribution in [1.82, 2.24) is 14.9 Å². The van der Waals surface area contributed by atoms with Gasteiger partial charge in [0.15, 0.2) is 11.6 Å². The van der Waals surface area contributed by atoms with E-state index in [9.17, 15) is 4.79 Å². The summed E-state index contributed by atoms with van der Waals surface area (Å²) in [5.41, 5.74) is 10.1. The van der Waals surface area contributed by atoms with E-state index >= 15 is 0 Å². The first-order valence-electron chi connectivity index (χ1n) is 10.8. The molecular formula is C23H30N6O2. The Morgan fingerprint density at radius 1 is 1.19 bits per heavy atom. The Morgan fingerprint density at radius 2 is 1.94 bits per heavy atom. The van der Waals surface area contributed by atoms with Crippen LogP contribution < -0.4 is 20.7 Å². The van der Waals surface area contributed by atoms with Crippen LogP contribution in [0.5, 0.6) is 6.01 Å². The molecule has 2 aliphatic heterocycles. The zero-order chi connectivity index (χ0) is 21.8. The minimum Gasteiger partial charge on any atom is -0.459 e. The van der Waals surface area contributed by atoms with Gasteiger partial charge in [-0.1, -0.05) is 29.8 Å². The number of allylic oxidation sites excluding steroid dienone is 1. The van der Waals surface area contributed by atoms with Gasteiger partial charge in [0.25, 0.3) is 0 Å². The zero-order valence-electron chi connectivity index (χ0n) is 18.2. The number of nitrogens with two attached hydrogens (primary N) is 1. The molecule has 164 valence electrons. The van der Waals surface area contributed by atoms with Crippen LogP contribution in [0.25, 0.3) is 0 Å². The number of nitrogen functional groups attached to an aromatic ring is 1. The monoisotopic (exact) mass is 422 g/mol. The molecule has 3 N–H and O–H groups in total. The van der Waals surface area contributed by atoms with Gasteiger partial charge in [0.2, 0.25) is 5.91 Å². The van der Waals surface area contributed by atoms with E-state index in [-0.39, 0.29) is 24.3 Å². The number of likely N-dealkylation sites (tertiary alicyclic amines) is 1. The van der Waals surface area contributed by atoms with E-state index < -0.39 is 0 Å². The predicted octanol–water partition coefficient (Wildman–Crippen LogP) is 2.96. The molecule has 8 heteroatoms. The Labute approximate surface area is 183 Å². The van der Waals surface area contributed by atoms with Gasteiger partial charge in [0, 0.05) is 13.1 Å². The molecule has 8 nitrogen and oxygen atoms in total. The van der Waals surface area contributed by atoms with Gasteiger partial charge in [-0.2, -0.15) is 9.97 Å². The fourth-order valence-electron chi connectivity index (χ4n) is 3.94. The second kappa shape index (κ2) is 9.34. The number of aromatic nitrogens is 2. The van der Waals surface area contributed by atoms with E-state index in [0.29, 0.717) is 24.7 Å². The summed E-state index contributed by atoms with van der Waals surface area (Å²) >= 11 is 0. The van der Waals surface area contributed by atoms with E-state index in [4.69, 9.17) is 10.5 Å². The second-order valence-corrected chi connectivity index (χ2v) is 8.39. The lowest BCUT2D eigenvalue weighted by Gasteiger charge is -2.30. The largest absolute Gasteiger partial charge is 0.459 e. The molecule has 1 aromatic heterocycles. The third-order valence-electron chi connectivity index (χ3n) is 5.47. The Bertz CT molecular complexity index is 980. The number of amides is 1. The van der Waals surface area contributed by atoms with Gasteiger partial charge in [-0.05, 0) is 57.0 Å². The molecule has 4 rings (SSSR count). The highest BCUT2D eigenvalue weighted by Gasteiger charge is 2.27. The van der Waals surface area contributed by atoms with Crippen molar-refractivity contribution in [2.75, 3.05) is 42.2 Å². The highest BCUT2D eigenvalue weighted by Crippen LogP contribution is 2.34. The summed E-state index contributed by atoms with van der Waals surface area (Å²) in [5, 5.41) is 2.80. The first kappa shape index (κ1) is 21.1. The van der Waals surface area contributed by atoms with Crippen LogP contribution in [0.2, 0.25) is 0 Å². The number of ether oxygens (including phenoxy) is 1. The Balaban J connectivity index is 1.55. The molecule has 0 aliphatic carbocycles. The molecule has 0 radical (unpaired) electrons. The van der Waals surface area contributed by atoms with Gasteiger partial charge in [-0.3, -0.25) is 9.69 Å². The number of anilines is 3. The molecule has 0 unspecified atom stereocenters. The molecule has 0 atom stereocenters. The first-order valence-corrected chi connectivity index (χ1v) is 10.8. The summed E-state index contributed by atoms with van der Waals surface area (Å²) in [6.07, 6.45) is 4.50. The van der Waals surface area contributed by atoms with E-state index in [0.717, 1.165) is 30.8 Å². The molecule has 3 heterocycles. The number of fused-ring (bicyclic) bond motifs is 1. The summed E-state index contributed by atoms with van der Waals surface area (Å²) in [6, 6.07) is 8.73. The van der Waals surface area contributed by atoms with Gasteiger partial charge >= 0.3 is 6.01 Å². The van der Waals surface area contributed by atoms with E-state index in [2.05, 4.69) is 44.5 Å². The minimum atomic E-state index is -0.130. The molecule has 0 spiro atoms. The number of carbonyl (C=O) groups excluding carboxylic acids is 1. The number of nitrogens with one attached hydrogen (secondary N) is 1. The second-order valence-electron chi connectivity index (χ2n) is 8.39. The van der Waals surface area contributed by atoms with Gasteiger partial charge < -0.3 is 20.7 Å². The highest BCUT2D eigenvalue weighted by molar-refractivity contribution is 6.03. The van der Waals surface area contributed by atoms with E-state index in [1.165, 1.54) is 18.4 Å². The number of rotatable bonds is 7. The third kappa shape index (κ3) is 5.32. The predicted molar refractivity (Wildman–Crippen MR) is 122 cm³/mol. The molecule has 2 aromatic rings. The number of hydrogen-bond donors (Lipinski definition) is 2. The summed E-state index contributed by atoms with van der Waals surface area (Å²) < 4.78 is 5.66. The van der Waals surface area contributed by atoms with Crippen LogP contribution in [-0.4, -0.2) is 47.0 Å². The maximum Gasteiger partial charge on any atom is 0.320 e. The minimum absolute atomic E-state index is 0.130. The maximum absolute atomic E-state index is 12.3. The van der Waals surface area contributed by atoms with Crippen molar-refractivity contribution in [3.05, 3.63) is 47.0 Å². The van der Waals surface area contributed by atoms with Gasteiger partial charge in [-0.25, -0.2) is 0 Å². The molecule has 1 amide bonds. The fourth-order valence-corrected chi connectivity index (χ4v) is 3.94. The summed E-state index contributed by atoms with van der Waals surface area (Å²) in [6.45, 7) is 8.41. The Kier molecular flexibility index (Phi) is 6.36. The quantitative estimate of drug-likeness (QED) is 0.662. The number of nitrogens with zero attached hydrogens (tertiary/aromatic N) is 4. The number of benzene rings is 1. The highest BCUT2D eigenvalue weighted by atomic mass is 16.5. The van der Waals surface area contributed by atoms with Crippen LogP contribution in [-0.2, 0) is 17.9 Å². The van der Waals surface area contributed by atoms with Crippen LogP contribution >= 0.6 is 0 Å². The summed E-state index contributed by atoms with van der Waals surface area (Å²) in [4.78, 5) is 25.5. The fraction of sp³-hybridized carbons (Fsp3) is 0.435. The van der Waals surface area contributed by atoms with Gasteiger partial charge in [0.05, 0.1) is 6.54 Å². The number of carbonyl (C=O) groups is 1. The molecule has 0 bridgehead atoms. The van der Waals surface area contributed by atoms with Crippen LogP contribution in [0.1, 0.15) is 37.8 Å². The van der Waals surface area contributed by atoms with Crippen LogP contribution in [0.4, 0.5) is 17.3 Å². The van der Waals surface area contributed by atoms with Crippen molar-refractivity contribution in [2.24, 2.45) is 0 Å². The van der Waals surface area contributed by atoms with Gasteiger partial charge in [-0.15, -0.1) is 0 Å². The summed E-state index contributed by atoms with van der Waals surface area (Å²) in [5.74, 6) is 0.663. The summed E-state index contributed by atoms with van der Waals surface area (Å²) in [7, 11) is 0. The lowest BCUT2D eigenvalue weighted by molar-refractivity contribution is -0.115. The SMILES string of the molecule is CC(C)=CCOc1nc(N)c2c(n1)N(Cc1cccc(CN3CCCC3)c1)CC(=O)N2. The average Bonchev–Trinajstić information content (AvgIpc) is 3.22. The molecule has 31 heavy (non-hydrogen) atoms. The first-order chi connectivity index (χ1) is 15.0. The standard InChI is InChI=1S/C23H30N6O2/c1-16(2)8-11-31-23-26-21(24)20-22(27-23)29(15-19(30)25-20)14-18-7-5-6-17(12-18)13-28-9-3-4-10-28/h5-8,12H,3-4,9-11,13-15H2,1-2H3,(H,25,30)(H2,24,26,27). The molecule has 1 aromatic carbocycles. The van der Waals surface area contributed by atoms with Crippen molar-refractivity contribution >= 4 is 23.2 Å². The lowest BCUT2D eigenvalue weighted by atomic mass is 10.1. The van der Waals surface area contributed by atoms with Crippen molar-refractivity contribution < 1.29 is 9.53 Å². The van der Waals surface area contributed by atoms with E-state index in [1.807, 2.05) is 24.8 Å². The van der Waals surface area contributed by atoms with E-state index in [1.54, 1.807) is 0 Å². The van der Waals surface area contributed by atoms with Crippen LogP contribution in [0, 0.1) is 0 Å². The lowest BCUT2D eigenvalue weighted by Crippen LogP contribution is -2.39. The third-order valence-corrected chi connectivity index (χ3v) is 5.47. The Morgan fingerprint density at radius 3 is 2.68 bits per heavy atom. The maximum atomic E-state index is 12.3. The van der Waals surface area contributed by atoms with Crippen molar-refractivity contribution in [3.63, 3.8) is 0 Å². The molecule has 2 aliphatic rings. The number of hydrogen-bond acceptors (Lipinski definition) is 7. The topological polar surface area (TPSA) is 96.6 Å². The van der Waals surface area contributed by atoms with Crippen molar-refractivity contribution in [1.29, 1.82) is 0 Å². The Hall–Kier alpha value is -3.13. The van der Waals surface area contributed by atoms with Crippen LogP contribution in [0.15, 0.2) is 35.9 Å². The smallest absolute Gasteiger partial charge is 0.320 e. The molecule has 0 saturated carbocycles. The molecular weight excluding hydrogens is 392 g/mol. The average molecular weight is 423 g/mol. The zero-order valence-corrected chi connectivity index (χ0v) is 18.2. The van der Waals surface area contributed by atoms with Crippen molar-refractivity contribution in [3.8, 4) is 6.01 Å². The molecule has 1 fully saturated rings.